The van der Waals surface area contributed by atoms with E-state index in [1.165, 1.54) is 0 Å². The average Bonchev–Trinajstić information content (AvgIpc) is 2.34. The molecule has 0 unspecified atom stereocenters. The monoisotopic (exact) mass is 290 g/mol. The van der Waals surface area contributed by atoms with Crippen molar-refractivity contribution in [3.8, 4) is 0 Å². The van der Waals surface area contributed by atoms with Gasteiger partial charge in [-0.05, 0) is 6.07 Å². The summed E-state index contributed by atoms with van der Waals surface area (Å²) in [5.74, 6) is -0.682. The normalized spacial score (nSPS) is 10.2. The van der Waals surface area contributed by atoms with Crippen molar-refractivity contribution in [3.63, 3.8) is 0 Å². The van der Waals surface area contributed by atoms with Crippen molar-refractivity contribution >= 4 is 35.0 Å². The Hall–Kier alpha value is -1.33. The summed E-state index contributed by atoms with van der Waals surface area (Å²) in [7, 11) is 1.78. The molecule has 1 heterocycles. The molecule has 2 N–H and O–H groups in total. The fourth-order valence-electron chi connectivity index (χ4n) is 1.29. The van der Waals surface area contributed by atoms with Gasteiger partial charge in [0.15, 0.2) is 11.0 Å². The summed E-state index contributed by atoms with van der Waals surface area (Å²) >= 11 is 10.7. The van der Waals surface area contributed by atoms with E-state index in [-0.39, 0.29) is 12.5 Å². The number of nitrogens with one attached hydrogen (secondary N) is 2. The van der Waals surface area contributed by atoms with E-state index in [4.69, 9.17) is 23.2 Å². The Morgan fingerprint density at radius 1 is 1.28 bits per heavy atom. The summed E-state index contributed by atoms with van der Waals surface area (Å²) < 4.78 is 1.71. The predicted molar refractivity (Wildman–Crippen MR) is 68.5 cm³/mol. The van der Waals surface area contributed by atoms with Crippen molar-refractivity contribution in [2.45, 2.75) is 4.84 Å². The van der Waals surface area contributed by atoms with Crippen molar-refractivity contribution in [2.75, 3.05) is 13.1 Å². The number of carbonyl (C=O) groups excluding carboxylic acids is 2. The van der Waals surface area contributed by atoms with Gasteiger partial charge in [-0.25, -0.2) is 0 Å². The number of amides is 2. The van der Waals surface area contributed by atoms with Crippen LogP contribution in [0.15, 0.2) is 24.4 Å². The molecule has 2 amide bonds. The SMILES string of the molecule is C[n+]1ccccc1C(=O)NCCNC(=O)C(Cl)Cl. The molecule has 7 heteroatoms. The summed E-state index contributed by atoms with van der Waals surface area (Å²) in [5.41, 5.74) is 0.538. The van der Waals surface area contributed by atoms with E-state index in [1.54, 1.807) is 29.9 Å². The summed E-state index contributed by atoms with van der Waals surface area (Å²) in [6, 6.07) is 5.32. The van der Waals surface area contributed by atoms with Crippen LogP contribution in [0.25, 0.3) is 0 Å². The molecular formula is C11H14Cl2N3O2+. The third-order valence-electron chi connectivity index (χ3n) is 2.20. The predicted octanol–water partition coefficient (Wildman–Crippen LogP) is 0.161. The topological polar surface area (TPSA) is 62.1 Å². The van der Waals surface area contributed by atoms with Gasteiger partial charge in [0, 0.05) is 25.2 Å². The highest BCUT2D eigenvalue weighted by Crippen LogP contribution is 1.99. The number of alkyl halides is 2. The molecule has 0 aliphatic carbocycles. The zero-order valence-corrected chi connectivity index (χ0v) is 11.3. The number of aryl methyl sites for hydroxylation is 1. The quantitative estimate of drug-likeness (QED) is 0.461. The molecule has 0 aliphatic rings. The van der Waals surface area contributed by atoms with Gasteiger partial charge >= 0.3 is 5.91 Å². The maximum absolute atomic E-state index is 11.7. The van der Waals surface area contributed by atoms with E-state index in [0.29, 0.717) is 12.2 Å². The van der Waals surface area contributed by atoms with Crippen molar-refractivity contribution in [1.29, 1.82) is 0 Å². The van der Waals surface area contributed by atoms with E-state index in [0.717, 1.165) is 0 Å². The Labute approximate surface area is 115 Å². The first-order valence-corrected chi connectivity index (χ1v) is 6.18. The number of hydrogen-bond donors (Lipinski definition) is 2. The second kappa shape index (κ2) is 7.18. The summed E-state index contributed by atoms with van der Waals surface area (Å²) in [6.45, 7) is 0.580. The first-order chi connectivity index (χ1) is 8.52. The molecule has 18 heavy (non-hydrogen) atoms. The van der Waals surface area contributed by atoms with Gasteiger partial charge in [-0.2, -0.15) is 4.57 Å². The van der Waals surface area contributed by atoms with Gasteiger partial charge in [0.05, 0.1) is 0 Å². The van der Waals surface area contributed by atoms with E-state index in [1.807, 2.05) is 6.07 Å². The molecule has 98 valence electrons. The lowest BCUT2D eigenvalue weighted by Crippen LogP contribution is -2.42. The van der Waals surface area contributed by atoms with Crippen LogP contribution in [0.2, 0.25) is 0 Å². The van der Waals surface area contributed by atoms with Crippen LogP contribution in [0.1, 0.15) is 10.5 Å². The maximum atomic E-state index is 11.7. The molecule has 0 saturated heterocycles. The number of carbonyl (C=O) groups is 2. The average molecular weight is 291 g/mol. The van der Waals surface area contributed by atoms with Gasteiger partial charge in [0.25, 0.3) is 11.6 Å². The molecule has 0 spiro atoms. The molecule has 0 fully saturated rings. The molecule has 0 radical (unpaired) electrons. The third-order valence-corrected chi connectivity index (χ3v) is 2.59. The first kappa shape index (κ1) is 14.7. The van der Waals surface area contributed by atoms with Gasteiger partial charge in [-0.15, -0.1) is 0 Å². The van der Waals surface area contributed by atoms with E-state index < -0.39 is 10.7 Å². The minimum atomic E-state index is -1.09. The molecule has 1 aromatic heterocycles. The number of rotatable bonds is 5. The third kappa shape index (κ3) is 4.50. The molecule has 1 aromatic rings. The molecule has 0 bridgehead atoms. The minimum Gasteiger partial charge on any atom is -0.352 e. The standard InChI is InChI=1S/C11H13Cl2N3O2/c1-16-7-3-2-4-8(16)10(17)14-5-6-15-11(18)9(12)13/h2-4,7,9H,5-6H2,1H3,(H-,14,15,17,18)/p+1. The van der Waals surface area contributed by atoms with Crippen LogP contribution in [-0.2, 0) is 11.8 Å². The smallest absolute Gasteiger partial charge is 0.316 e. The van der Waals surface area contributed by atoms with E-state index in [2.05, 4.69) is 10.6 Å². The second-order valence-electron chi connectivity index (χ2n) is 3.54. The summed E-state index contributed by atoms with van der Waals surface area (Å²) in [6.07, 6.45) is 1.78. The summed E-state index contributed by atoms with van der Waals surface area (Å²) in [5, 5.41) is 5.15. The van der Waals surface area contributed by atoms with Crippen LogP contribution in [0.3, 0.4) is 0 Å². The number of hydrogen-bond acceptors (Lipinski definition) is 2. The highest BCUT2D eigenvalue weighted by molar-refractivity contribution is 6.53. The molecule has 5 nitrogen and oxygen atoms in total. The number of pyridine rings is 1. The van der Waals surface area contributed by atoms with Gasteiger partial charge < -0.3 is 10.6 Å². The largest absolute Gasteiger partial charge is 0.352 e. The van der Waals surface area contributed by atoms with Gasteiger partial charge in [0.2, 0.25) is 0 Å². The lowest BCUT2D eigenvalue weighted by atomic mass is 10.3. The summed E-state index contributed by atoms with van der Waals surface area (Å²) in [4.78, 5) is 21.7. The zero-order valence-electron chi connectivity index (χ0n) is 9.82. The Morgan fingerprint density at radius 3 is 2.56 bits per heavy atom. The van der Waals surface area contributed by atoms with Crippen molar-refractivity contribution in [1.82, 2.24) is 10.6 Å². The number of aromatic nitrogens is 1. The van der Waals surface area contributed by atoms with Gasteiger partial charge in [-0.1, -0.05) is 23.2 Å². The molecule has 0 saturated carbocycles. The fraction of sp³-hybridized carbons (Fsp3) is 0.364. The number of nitrogens with zero attached hydrogens (tertiary/aromatic N) is 1. The van der Waals surface area contributed by atoms with Crippen molar-refractivity contribution in [2.24, 2.45) is 7.05 Å². The lowest BCUT2D eigenvalue weighted by Gasteiger charge is -2.06. The molecule has 1 rings (SSSR count). The molecular weight excluding hydrogens is 277 g/mol. The first-order valence-electron chi connectivity index (χ1n) is 5.31. The van der Waals surface area contributed by atoms with Gasteiger partial charge in [-0.3, -0.25) is 9.59 Å². The van der Waals surface area contributed by atoms with Gasteiger partial charge in [0.1, 0.15) is 7.05 Å². The van der Waals surface area contributed by atoms with Crippen molar-refractivity contribution < 1.29 is 14.2 Å². The van der Waals surface area contributed by atoms with E-state index in [9.17, 15) is 9.59 Å². The fourth-order valence-corrected chi connectivity index (χ4v) is 1.44. The number of halogens is 2. The maximum Gasteiger partial charge on any atom is 0.316 e. The van der Waals surface area contributed by atoms with Crippen LogP contribution >= 0.6 is 23.2 Å². The van der Waals surface area contributed by atoms with Crippen LogP contribution in [0.5, 0.6) is 0 Å². The Bertz CT molecular complexity index is 438. The van der Waals surface area contributed by atoms with Crippen LogP contribution < -0.4 is 15.2 Å². The van der Waals surface area contributed by atoms with Crippen LogP contribution in [0, 0.1) is 0 Å². The molecule has 0 aliphatic heterocycles. The van der Waals surface area contributed by atoms with Crippen molar-refractivity contribution in [3.05, 3.63) is 30.1 Å². The highest BCUT2D eigenvalue weighted by Gasteiger charge is 2.15. The highest BCUT2D eigenvalue weighted by atomic mass is 35.5. The molecule has 0 aromatic carbocycles. The zero-order chi connectivity index (χ0) is 13.5. The Morgan fingerprint density at radius 2 is 1.94 bits per heavy atom. The van der Waals surface area contributed by atoms with E-state index >= 15 is 0 Å². The van der Waals surface area contributed by atoms with Crippen LogP contribution in [-0.4, -0.2) is 29.7 Å². The Kier molecular flexibility index (Phi) is 5.88. The lowest BCUT2D eigenvalue weighted by molar-refractivity contribution is -0.673. The Balaban J connectivity index is 2.35. The second-order valence-corrected chi connectivity index (χ2v) is 4.64. The van der Waals surface area contributed by atoms with Crippen LogP contribution in [0.4, 0.5) is 0 Å². The minimum absolute atomic E-state index is 0.208. The molecule has 0 atom stereocenters.